The first-order valence-corrected chi connectivity index (χ1v) is 9.44. The zero-order chi connectivity index (χ0) is 20.3. The molecule has 0 bridgehead atoms. The molecule has 0 aliphatic heterocycles. The van der Waals surface area contributed by atoms with Gasteiger partial charge in [0, 0.05) is 30.9 Å². The molecule has 0 radical (unpaired) electrons. The van der Waals surface area contributed by atoms with Gasteiger partial charge in [0.2, 0.25) is 0 Å². The summed E-state index contributed by atoms with van der Waals surface area (Å²) in [6, 6.07) is 10.4. The Morgan fingerprint density at radius 1 is 1.25 bits per heavy atom. The third-order valence-corrected chi connectivity index (χ3v) is 4.75. The number of rotatable bonds is 6. The van der Waals surface area contributed by atoms with E-state index in [0.29, 0.717) is 5.69 Å². The first-order valence-electron chi connectivity index (χ1n) is 8.37. The molecule has 2 aromatic carbocycles. The Kier molecular flexibility index (Phi) is 5.86. The lowest BCUT2D eigenvalue weighted by atomic mass is 10.1. The zero-order valence-electron chi connectivity index (χ0n) is 15.3. The van der Waals surface area contributed by atoms with E-state index < -0.39 is 23.0 Å². The molecule has 0 saturated heterocycles. The SMILES string of the molecule is Cc1ccc(N(c2cc(F)cc(C(=O)NCc3cnn(C)c3)c2)S(=O)O)cc1. The quantitative estimate of drug-likeness (QED) is 0.621. The van der Waals surface area contributed by atoms with Gasteiger partial charge in [0.1, 0.15) is 5.82 Å². The summed E-state index contributed by atoms with van der Waals surface area (Å²) >= 11 is -2.45. The fourth-order valence-corrected chi connectivity index (χ4v) is 3.27. The van der Waals surface area contributed by atoms with E-state index in [1.165, 1.54) is 6.07 Å². The van der Waals surface area contributed by atoms with Gasteiger partial charge in [-0.05, 0) is 37.3 Å². The van der Waals surface area contributed by atoms with Crippen LogP contribution >= 0.6 is 0 Å². The molecular formula is C19H19FN4O3S. The van der Waals surface area contributed by atoms with Gasteiger partial charge in [-0.1, -0.05) is 17.7 Å². The van der Waals surface area contributed by atoms with E-state index in [2.05, 4.69) is 10.4 Å². The van der Waals surface area contributed by atoms with Crippen LogP contribution in [0.2, 0.25) is 0 Å². The van der Waals surface area contributed by atoms with Crippen molar-refractivity contribution in [2.45, 2.75) is 13.5 Å². The minimum absolute atomic E-state index is 0.0430. The fraction of sp³-hybridized carbons (Fsp3) is 0.158. The molecule has 3 aromatic rings. The van der Waals surface area contributed by atoms with E-state index in [0.717, 1.165) is 27.6 Å². The first kappa shape index (κ1) is 19.7. The molecule has 0 saturated carbocycles. The third-order valence-electron chi connectivity index (χ3n) is 4.02. The Bertz CT molecular complexity index is 1020. The second-order valence-corrected chi connectivity index (χ2v) is 7.09. The molecule has 0 fully saturated rings. The van der Waals surface area contributed by atoms with Crippen LogP contribution in [-0.4, -0.2) is 24.4 Å². The minimum Gasteiger partial charge on any atom is -0.348 e. The van der Waals surface area contributed by atoms with Gasteiger partial charge in [0.05, 0.1) is 17.6 Å². The maximum Gasteiger partial charge on any atom is 0.266 e. The van der Waals surface area contributed by atoms with Crippen molar-refractivity contribution < 1.29 is 17.9 Å². The summed E-state index contributed by atoms with van der Waals surface area (Å²) in [7, 11) is 1.76. The standard InChI is InChI=1S/C19H19FN4O3S/c1-13-3-5-17(6-4-13)24(28(26)27)18-8-15(7-16(20)9-18)19(25)21-10-14-11-22-23(2)12-14/h3-9,11-12H,10H2,1-2H3,(H,21,25)(H,26,27). The predicted molar refractivity (Wildman–Crippen MR) is 105 cm³/mol. The fourth-order valence-electron chi connectivity index (χ4n) is 2.68. The van der Waals surface area contributed by atoms with Crippen LogP contribution in [0, 0.1) is 12.7 Å². The van der Waals surface area contributed by atoms with Gasteiger partial charge >= 0.3 is 0 Å². The van der Waals surface area contributed by atoms with Crippen LogP contribution in [0.4, 0.5) is 15.8 Å². The molecule has 1 amide bonds. The number of benzene rings is 2. The van der Waals surface area contributed by atoms with Crippen LogP contribution in [0.1, 0.15) is 21.5 Å². The van der Waals surface area contributed by atoms with Gasteiger partial charge in [0.25, 0.3) is 17.2 Å². The van der Waals surface area contributed by atoms with Gasteiger partial charge in [0.15, 0.2) is 0 Å². The van der Waals surface area contributed by atoms with Crippen LogP contribution in [0.5, 0.6) is 0 Å². The summed E-state index contributed by atoms with van der Waals surface area (Å²) in [5.41, 5.74) is 2.31. The number of nitrogens with zero attached hydrogens (tertiary/aromatic N) is 3. The van der Waals surface area contributed by atoms with Crippen molar-refractivity contribution in [3.05, 3.63) is 77.4 Å². The second kappa shape index (κ2) is 8.32. The van der Waals surface area contributed by atoms with E-state index in [9.17, 15) is 17.9 Å². The molecule has 2 N–H and O–H groups in total. The van der Waals surface area contributed by atoms with Crippen LogP contribution < -0.4 is 9.62 Å². The Hall–Kier alpha value is -3.04. The number of aryl methyl sites for hydroxylation is 2. The van der Waals surface area contributed by atoms with E-state index in [4.69, 9.17) is 0 Å². The van der Waals surface area contributed by atoms with E-state index in [1.54, 1.807) is 48.4 Å². The summed E-state index contributed by atoms with van der Waals surface area (Å²) in [4.78, 5) is 12.4. The van der Waals surface area contributed by atoms with Crippen LogP contribution in [-0.2, 0) is 24.9 Å². The Labute approximate surface area is 164 Å². The molecule has 7 nitrogen and oxygen atoms in total. The normalized spacial score (nSPS) is 11.9. The molecule has 1 unspecified atom stereocenters. The summed E-state index contributed by atoms with van der Waals surface area (Å²) < 4.78 is 38.4. The number of hydrogen-bond donors (Lipinski definition) is 2. The summed E-state index contributed by atoms with van der Waals surface area (Å²) in [5, 5.41) is 6.70. The van der Waals surface area contributed by atoms with Gasteiger partial charge in [-0.15, -0.1) is 0 Å². The van der Waals surface area contributed by atoms with Gasteiger partial charge in [-0.3, -0.25) is 14.0 Å². The molecule has 146 valence electrons. The van der Waals surface area contributed by atoms with E-state index in [1.807, 2.05) is 6.92 Å². The van der Waals surface area contributed by atoms with Gasteiger partial charge in [-0.2, -0.15) is 5.10 Å². The lowest BCUT2D eigenvalue weighted by Gasteiger charge is -2.21. The molecule has 9 heteroatoms. The van der Waals surface area contributed by atoms with E-state index >= 15 is 0 Å². The smallest absolute Gasteiger partial charge is 0.266 e. The number of carbonyl (C=O) groups excluding carboxylic acids is 1. The van der Waals surface area contributed by atoms with Crippen molar-refractivity contribution >= 4 is 28.5 Å². The monoisotopic (exact) mass is 402 g/mol. The first-order chi connectivity index (χ1) is 13.3. The molecule has 1 aromatic heterocycles. The molecule has 0 aliphatic carbocycles. The highest BCUT2D eigenvalue weighted by Crippen LogP contribution is 2.28. The lowest BCUT2D eigenvalue weighted by Crippen LogP contribution is -2.24. The highest BCUT2D eigenvalue weighted by atomic mass is 32.2. The van der Waals surface area contributed by atoms with Gasteiger partial charge in [-0.25, -0.2) is 12.9 Å². The number of hydrogen-bond acceptors (Lipinski definition) is 3. The number of aromatic nitrogens is 2. The highest BCUT2D eigenvalue weighted by molar-refractivity contribution is 7.81. The van der Waals surface area contributed by atoms with Crippen molar-refractivity contribution in [3.63, 3.8) is 0 Å². The third kappa shape index (κ3) is 4.62. The molecule has 1 atom stereocenters. The molecule has 3 rings (SSSR count). The molecule has 1 heterocycles. The van der Waals surface area contributed by atoms with Crippen LogP contribution in [0.25, 0.3) is 0 Å². The number of amides is 1. The van der Waals surface area contributed by atoms with Gasteiger partial charge < -0.3 is 5.32 Å². The number of anilines is 2. The number of carbonyl (C=O) groups is 1. The molecule has 0 spiro atoms. The van der Waals surface area contributed by atoms with Crippen LogP contribution in [0.15, 0.2) is 54.9 Å². The average molecular weight is 402 g/mol. The Morgan fingerprint density at radius 3 is 2.57 bits per heavy atom. The number of nitrogens with one attached hydrogen (secondary N) is 1. The maximum absolute atomic E-state index is 14.2. The van der Waals surface area contributed by atoms with Crippen molar-refractivity contribution in [2.24, 2.45) is 7.05 Å². The highest BCUT2D eigenvalue weighted by Gasteiger charge is 2.18. The van der Waals surface area contributed by atoms with Crippen molar-refractivity contribution in [3.8, 4) is 0 Å². The van der Waals surface area contributed by atoms with E-state index in [-0.39, 0.29) is 17.8 Å². The van der Waals surface area contributed by atoms with Crippen molar-refractivity contribution in [1.82, 2.24) is 15.1 Å². The summed E-state index contributed by atoms with van der Waals surface area (Å²) in [6.45, 7) is 2.11. The van der Waals surface area contributed by atoms with Crippen LogP contribution in [0.3, 0.4) is 0 Å². The maximum atomic E-state index is 14.2. The Balaban J connectivity index is 1.87. The topological polar surface area (TPSA) is 87.5 Å². The largest absolute Gasteiger partial charge is 0.348 e. The Morgan fingerprint density at radius 2 is 1.96 bits per heavy atom. The zero-order valence-corrected chi connectivity index (χ0v) is 16.1. The summed E-state index contributed by atoms with van der Waals surface area (Å²) in [5.74, 6) is -1.19. The number of halogens is 1. The minimum atomic E-state index is -2.45. The molecular weight excluding hydrogens is 383 g/mol. The summed E-state index contributed by atoms with van der Waals surface area (Å²) in [6.07, 6.45) is 3.37. The molecule has 0 aliphatic rings. The van der Waals surface area contributed by atoms with Crippen molar-refractivity contribution in [2.75, 3.05) is 4.31 Å². The van der Waals surface area contributed by atoms with Crippen molar-refractivity contribution in [1.29, 1.82) is 0 Å². The second-order valence-electron chi connectivity index (χ2n) is 6.26. The lowest BCUT2D eigenvalue weighted by molar-refractivity contribution is 0.0950. The molecule has 28 heavy (non-hydrogen) atoms. The average Bonchev–Trinajstić information content (AvgIpc) is 3.06. The predicted octanol–water partition coefficient (Wildman–Crippen LogP) is 3.07.